The van der Waals surface area contributed by atoms with Crippen molar-refractivity contribution in [3.63, 3.8) is 0 Å². The summed E-state index contributed by atoms with van der Waals surface area (Å²) in [6.07, 6.45) is 0. The summed E-state index contributed by atoms with van der Waals surface area (Å²) >= 11 is 0. The van der Waals surface area contributed by atoms with Crippen molar-refractivity contribution < 1.29 is 37.3 Å². The van der Waals surface area contributed by atoms with Crippen molar-refractivity contribution in [2.75, 3.05) is 0 Å². The van der Waals surface area contributed by atoms with E-state index in [0.29, 0.717) is 0 Å². The molecule has 0 saturated carbocycles. The zero-order valence-corrected chi connectivity index (χ0v) is 6.81. The SMILES string of the molecule is [CH2-]N.[Er].[c-]1ccccc1. The summed E-state index contributed by atoms with van der Waals surface area (Å²) in [4.78, 5) is 0. The first-order chi connectivity index (χ1) is 4.00. The minimum atomic E-state index is 0. The number of hydrogen-bond donors (Lipinski definition) is 1. The molecule has 0 saturated heterocycles. The minimum absolute atomic E-state index is 0. The third kappa shape index (κ3) is 8.43. The summed E-state index contributed by atoms with van der Waals surface area (Å²) < 4.78 is 0. The first-order valence-electron chi connectivity index (χ1n) is 2.32. The summed E-state index contributed by atoms with van der Waals surface area (Å²) in [6.45, 7) is 0. The Labute approximate surface area is 85.9 Å². The molecule has 0 heterocycles. The van der Waals surface area contributed by atoms with Gasteiger partial charge in [0.1, 0.15) is 0 Å². The Morgan fingerprint density at radius 1 is 1.00 bits per heavy atom. The Kier molecular flexibility index (Phi) is 15.2. The third-order valence-electron chi connectivity index (χ3n) is 0.607. The van der Waals surface area contributed by atoms with Gasteiger partial charge in [-0.3, -0.25) is 7.05 Å². The molecular weight excluding hydrogens is 265 g/mol. The first-order valence-corrected chi connectivity index (χ1v) is 2.32. The standard InChI is InChI=1S/C6H5.CH4N.Er/c1-2-4-6-5-3-1;1-2;/h1-5H;1-2H2;/q2*-1;. The predicted octanol–water partition coefficient (Wildman–Crippen LogP) is 1.22. The summed E-state index contributed by atoms with van der Waals surface area (Å²) in [5, 5.41) is 0. The second-order valence-corrected chi connectivity index (χ2v) is 1.08. The molecule has 0 aliphatic heterocycles. The van der Waals surface area contributed by atoms with Crippen LogP contribution in [0.1, 0.15) is 0 Å². The molecule has 0 amide bonds. The average Bonchev–Trinajstić information content (AvgIpc) is 1.96. The monoisotopic (exact) mass is 273 g/mol. The van der Waals surface area contributed by atoms with Crippen LogP contribution in [0.2, 0.25) is 0 Å². The van der Waals surface area contributed by atoms with Gasteiger partial charge < -0.3 is 5.73 Å². The maximum atomic E-state index is 4.25. The number of nitrogens with two attached hydrogens (primary N) is 1. The van der Waals surface area contributed by atoms with E-state index in [1.54, 1.807) is 0 Å². The van der Waals surface area contributed by atoms with Crippen molar-refractivity contribution in [1.82, 2.24) is 0 Å². The molecule has 0 aliphatic rings. The van der Waals surface area contributed by atoms with Gasteiger partial charge >= 0.3 is 0 Å². The van der Waals surface area contributed by atoms with Crippen LogP contribution in [0.3, 0.4) is 0 Å². The summed E-state index contributed by atoms with van der Waals surface area (Å²) in [5.74, 6) is 0. The van der Waals surface area contributed by atoms with Crippen LogP contribution in [-0.4, -0.2) is 0 Å². The maximum absolute atomic E-state index is 4.25. The molecule has 9 heavy (non-hydrogen) atoms. The van der Waals surface area contributed by atoms with E-state index in [1.165, 1.54) is 0 Å². The Morgan fingerprint density at radius 3 is 1.56 bits per heavy atom. The maximum Gasteiger partial charge on any atom is 0 e. The van der Waals surface area contributed by atoms with E-state index in [-0.39, 0.29) is 37.3 Å². The van der Waals surface area contributed by atoms with Crippen LogP contribution < -0.4 is 5.73 Å². The van der Waals surface area contributed by atoms with E-state index >= 15 is 0 Å². The zero-order chi connectivity index (χ0) is 6.24. The molecule has 0 atom stereocenters. The Balaban J connectivity index is 0. The molecule has 0 fully saturated rings. The molecule has 2 N–H and O–H groups in total. The van der Waals surface area contributed by atoms with E-state index in [9.17, 15) is 0 Å². The molecule has 0 aromatic heterocycles. The molecule has 0 aliphatic carbocycles. The second-order valence-electron chi connectivity index (χ2n) is 1.08. The van der Waals surface area contributed by atoms with Gasteiger partial charge in [0, 0.05) is 37.3 Å². The van der Waals surface area contributed by atoms with Gasteiger partial charge in [0.15, 0.2) is 0 Å². The fourth-order valence-electron chi connectivity index (χ4n) is 0.342. The van der Waals surface area contributed by atoms with Crippen LogP contribution >= 0.6 is 0 Å². The predicted molar refractivity (Wildman–Crippen MR) is 34.8 cm³/mol. The van der Waals surface area contributed by atoms with Gasteiger partial charge in [-0.25, -0.2) is 0 Å². The van der Waals surface area contributed by atoms with Crippen LogP contribution in [-0.2, 0) is 0 Å². The molecule has 1 nitrogen and oxygen atoms in total. The Bertz CT molecular complexity index is 80.8. The number of hydrogen-bond acceptors (Lipinski definition) is 1. The molecule has 0 radical (unpaired) electrons. The van der Waals surface area contributed by atoms with E-state index < -0.39 is 0 Å². The molecule has 1 aromatic rings. The summed E-state index contributed by atoms with van der Waals surface area (Å²) in [7, 11) is 2.75. The van der Waals surface area contributed by atoms with Crippen molar-refractivity contribution in [2.24, 2.45) is 5.73 Å². The van der Waals surface area contributed by atoms with Gasteiger partial charge in [0.25, 0.3) is 0 Å². The molecule has 0 bridgehead atoms. The molecule has 0 spiro atoms. The van der Waals surface area contributed by atoms with E-state index in [2.05, 4.69) is 18.8 Å². The summed E-state index contributed by atoms with van der Waals surface area (Å²) in [5.41, 5.74) is 4.25. The quantitative estimate of drug-likeness (QED) is 0.708. The Morgan fingerprint density at radius 2 is 1.44 bits per heavy atom. The zero-order valence-electron chi connectivity index (χ0n) is 4.96. The van der Waals surface area contributed by atoms with Gasteiger partial charge in [-0.05, 0) is 0 Å². The first kappa shape index (κ1) is 12.1. The van der Waals surface area contributed by atoms with Gasteiger partial charge in [-0.2, -0.15) is 36.4 Å². The smallest absolute Gasteiger partial charge is 0 e. The van der Waals surface area contributed by atoms with Gasteiger partial charge in [0.2, 0.25) is 0 Å². The summed E-state index contributed by atoms with van der Waals surface area (Å²) in [6, 6.07) is 12.5. The van der Waals surface area contributed by atoms with Gasteiger partial charge in [0.05, 0.1) is 0 Å². The number of rotatable bonds is 0. The van der Waals surface area contributed by atoms with Crippen molar-refractivity contribution in [2.45, 2.75) is 0 Å². The van der Waals surface area contributed by atoms with E-state index in [4.69, 9.17) is 0 Å². The normalized spacial score (nSPS) is 6.00. The van der Waals surface area contributed by atoms with E-state index in [1.807, 2.05) is 30.3 Å². The average molecular weight is 274 g/mol. The molecular formula is C7H9ErN-2. The van der Waals surface area contributed by atoms with Crippen molar-refractivity contribution in [3.8, 4) is 0 Å². The largest absolute Gasteiger partial charge is 0.486 e. The van der Waals surface area contributed by atoms with Crippen LogP contribution in [0, 0.1) is 50.4 Å². The van der Waals surface area contributed by atoms with Crippen molar-refractivity contribution >= 4 is 0 Å². The van der Waals surface area contributed by atoms with Crippen LogP contribution in [0.4, 0.5) is 0 Å². The fourth-order valence-corrected chi connectivity index (χ4v) is 0.342. The van der Waals surface area contributed by atoms with E-state index in [0.717, 1.165) is 0 Å². The molecule has 0 unspecified atom stereocenters. The van der Waals surface area contributed by atoms with Crippen LogP contribution in [0.25, 0.3) is 0 Å². The third-order valence-corrected chi connectivity index (χ3v) is 0.607. The van der Waals surface area contributed by atoms with Crippen LogP contribution in [0.15, 0.2) is 30.3 Å². The number of benzene rings is 1. The molecule has 2 heteroatoms. The fraction of sp³-hybridized carbons (Fsp3) is 0. The van der Waals surface area contributed by atoms with Gasteiger partial charge in [-0.1, -0.05) is 0 Å². The molecule has 56 valence electrons. The van der Waals surface area contributed by atoms with Crippen molar-refractivity contribution in [1.29, 1.82) is 0 Å². The van der Waals surface area contributed by atoms with Crippen molar-refractivity contribution in [3.05, 3.63) is 43.4 Å². The van der Waals surface area contributed by atoms with Gasteiger partial charge in [-0.15, -0.1) is 0 Å². The molecule has 1 rings (SSSR count). The molecule has 1 aromatic carbocycles. The minimum Gasteiger partial charge on any atom is -0.486 e. The topological polar surface area (TPSA) is 26.0 Å². The Hall–Kier alpha value is 0.427. The van der Waals surface area contributed by atoms with Crippen LogP contribution in [0.5, 0.6) is 0 Å². The second kappa shape index (κ2) is 11.3.